The zero-order chi connectivity index (χ0) is 38.1. The maximum absolute atomic E-state index is 11.6. The highest BCUT2D eigenvalue weighted by Crippen LogP contribution is 2.08. The van der Waals surface area contributed by atoms with E-state index in [-0.39, 0.29) is 25.0 Å². The summed E-state index contributed by atoms with van der Waals surface area (Å²) in [6, 6.07) is 0. The molecule has 0 amide bonds. The lowest BCUT2D eigenvalue weighted by atomic mass is 10.1. The van der Waals surface area contributed by atoms with Crippen molar-refractivity contribution in [1.29, 1.82) is 0 Å². The highest BCUT2D eigenvalue weighted by molar-refractivity contribution is 5.70. The number of esters is 2. The van der Waals surface area contributed by atoms with Gasteiger partial charge in [0, 0.05) is 6.42 Å². The van der Waals surface area contributed by atoms with E-state index in [9.17, 15) is 9.59 Å². The van der Waals surface area contributed by atoms with E-state index in [4.69, 9.17) is 61.6 Å². The summed E-state index contributed by atoms with van der Waals surface area (Å²) in [5.41, 5.74) is -0.477. The summed E-state index contributed by atoms with van der Waals surface area (Å²) >= 11 is 0. The van der Waals surface area contributed by atoms with Crippen molar-refractivity contribution < 1.29 is 71.2 Å². The Morgan fingerprint density at radius 2 is 0.635 bits per heavy atom. The van der Waals surface area contributed by atoms with Crippen LogP contribution < -0.4 is 0 Å². The Kier molecular flexibility index (Phi) is 39.5. The van der Waals surface area contributed by atoms with E-state index in [0.29, 0.717) is 152 Å². The molecular formula is C37H72O15. The van der Waals surface area contributed by atoms with Crippen molar-refractivity contribution in [3.8, 4) is 0 Å². The predicted molar refractivity (Wildman–Crippen MR) is 194 cm³/mol. The molecule has 0 unspecified atom stereocenters. The second kappa shape index (κ2) is 40.7. The van der Waals surface area contributed by atoms with E-state index in [1.54, 1.807) is 0 Å². The molecule has 0 N–H and O–H groups in total. The van der Waals surface area contributed by atoms with Crippen molar-refractivity contribution in [3.05, 3.63) is 0 Å². The van der Waals surface area contributed by atoms with Crippen molar-refractivity contribution in [3.63, 3.8) is 0 Å². The molecule has 0 bridgehead atoms. The van der Waals surface area contributed by atoms with Gasteiger partial charge in [-0.05, 0) is 27.2 Å². The Morgan fingerprint density at radius 3 is 0.942 bits per heavy atom. The van der Waals surface area contributed by atoms with Crippen LogP contribution in [0.1, 0.15) is 72.6 Å². The van der Waals surface area contributed by atoms with Crippen LogP contribution in [0.3, 0.4) is 0 Å². The van der Waals surface area contributed by atoms with Gasteiger partial charge in [-0.15, -0.1) is 0 Å². The van der Waals surface area contributed by atoms with Crippen LogP contribution in [0.15, 0.2) is 0 Å². The van der Waals surface area contributed by atoms with Crippen LogP contribution in [0.5, 0.6) is 0 Å². The van der Waals surface area contributed by atoms with Gasteiger partial charge in [-0.25, -0.2) is 0 Å². The van der Waals surface area contributed by atoms with Gasteiger partial charge in [0.05, 0.1) is 152 Å². The minimum Gasteiger partial charge on any atom is -0.463 e. The predicted octanol–water partition coefficient (Wildman–Crippen LogP) is 3.80. The molecule has 52 heavy (non-hydrogen) atoms. The normalized spacial score (nSPS) is 11.7. The smallest absolute Gasteiger partial charge is 0.308 e. The molecule has 15 heteroatoms. The first-order valence-electron chi connectivity index (χ1n) is 19.1. The third kappa shape index (κ3) is 44.7. The quantitative estimate of drug-likeness (QED) is 0.0655. The fourth-order valence-electron chi connectivity index (χ4n) is 4.01. The molecule has 0 aliphatic carbocycles. The van der Waals surface area contributed by atoms with Gasteiger partial charge in [-0.2, -0.15) is 0 Å². The van der Waals surface area contributed by atoms with Crippen LogP contribution in [0.4, 0.5) is 0 Å². The van der Waals surface area contributed by atoms with Crippen LogP contribution in [0.2, 0.25) is 0 Å². The first-order chi connectivity index (χ1) is 25.3. The Bertz CT molecular complexity index is 751. The van der Waals surface area contributed by atoms with E-state index in [1.165, 1.54) is 19.3 Å². The maximum Gasteiger partial charge on any atom is 0.308 e. The molecule has 0 radical (unpaired) electrons. The highest BCUT2D eigenvalue weighted by Gasteiger charge is 2.15. The number of unbranched alkanes of at least 4 members (excludes halogenated alkanes) is 4. The zero-order valence-corrected chi connectivity index (χ0v) is 32.8. The van der Waals surface area contributed by atoms with Crippen LogP contribution in [-0.4, -0.2) is 169 Å². The fourth-order valence-corrected chi connectivity index (χ4v) is 4.01. The molecule has 0 aliphatic heterocycles. The zero-order valence-electron chi connectivity index (χ0n) is 32.8. The summed E-state index contributed by atoms with van der Waals surface area (Å²) in [7, 11) is 0. The van der Waals surface area contributed by atoms with Crippen LogP contribution >= 0.6 is 0 Å². The number of hydrogen-bond donors (Lipinski definition) is 0. The molecule has 0 spiro atoms. The van der Waals surface area contributed by atoms with Gasteiger partial charge in [0.15, 0.2) is 0 Å². The fraction of sp³-hybridized carbons (Fsp3) is 0.946. The number of carbonyl (C=O) groups excluding carboxylic acids is 2. The van der Waals surface area contributed by atoms with Crippen LogP contribution in [0.25, 0.3) is 0 Å². The lowest BCUT2D eigenvalue weighted by Crippen LogP contribution is -2.24. The molecule has 0 aliphatic rings. The minimum atomic E-state index is -0.477. The first kappa shape index (κ1) is 50.5. The van der Waals surface area contributed by atoms with Crippen molar-refractivity contribution in [2.45, 2.75) is 78.2 Å². The molecule has 0 saturated carbocycles. The minimum absolute atomic E-state index is 0.151. The average Bonchev–Trinajstić information content (AvgIpc) is 3.10. The second-order valence-electron chi connectivity index (χ2n) is 12.5. The number of ether oxygens (including phenoxy) is 13. The van der Waals surface area contributed by atoms with Crippen LogP contribution in [0, 0.1) is 0 Å². The molecular weight excluding hydrogens is 684 g/mol. The van der Waals surface area contributed by atoms with Crippen molar-refractivity contribution >= 4 is 11.9 Å². The third-order valence-electron chi connectivity index (χ3n) is 6.57. The molecule has 0 aromatic heterocycles. The monoisotopic (exact) mass is 756 g/mol. The van der Waals surface area contributed by atoms with Crippen molar-refractivity contribution in [1.82, 2.24) is 0 Å². The Labute approximate surface area is 313 Å². The van der Waals surface area contributed by atoms with Crippen molar-refractivity contribution in [2.24, 2.45) is 0 Å². The first-order valence-corrected chi connectivity index (χ1v) is 19.1. The number of hydrogen-bond acceptors (Lipinski definition) is 15. The summed E-state index contributed by atoms with van der Waals surface area (Å²) in [5, 5.41) is 0. The second-order valence-corrected chi connectivity index (χ2v) is 12.5. The molecule has 15 nitrogen and oxygen atoms in total. The molecule has 0 aromatic carbocycles. The Hall–Kier alpha value is -1.50. The van der Waals surface area contributed by atoms with Gasteiger partial charge in [0.1, 0.15) is 12.2 Å². The molecule has 0 fully saturated rings. The van der Waals surface area contributed by atoms with E-state index in [1.807, 2.05) is 20.8 Å². The molecule has 0 rings (SSSR count). The number of carbonyl (C=O) groups is 2. The lowest BCUT2D eigenvalue weighted by molar-refractivity contribution is -0.156. The maximum atomic E-state index is 11.6. The van der Waals surface area contributed by atoms with Gasteiger partial charge < -0.3 is 61.6 Å². The van der Waals surface area contributed by atoms with Gasteiger partial charge >= 0.3 is 11.9 Å². The standard InChI is InChI=1S/C37H72O15/c1-5-6-7-8-9-10-35(38)51-34-33-50-32-31-49-30-29-48-28-27-47-26-25-46-24-23-45-22-21-44-20-19-43-18-17-42-16-15-41-14-13-40-12-11-36(39)52-37(2,3)4/h5-34H2,1-4H3. The summed E-state index contributed by atoms with van der Waals surface area (Å²) in [6.45, 7) is 18.2. The Morgan fingerprint density at radius 1 is 0.346 bits per heavy atom. The summed E-state index contributed by atoms with van der Waals surface area (Å²) in [4.78, 5) is 23.2. The topological polar surface area (TPSA) is 154 Å². The van der Waals surface area contributed by atoms with Crippen LogP contribution in [-0.2, 0) is 71.2 Å². The number of rotatable bonds is 42. The van der Waals surface area contributed by atoms with Crippen molar-refractivity contribution in [2.75, 3.05) is 152 Å². The third-order valence-corrected chi connectivity index (χ3v) is 6.57. The molecule has 0 heterocycles. The van der Waals surface area contributed by atoms with Gasteiger partial charge in [0.25, 0.3) is 0 Å². The average molecular weight is 757 g/mol. The van der Waals surface area contributed by atoms with Gasteiger partial charge in [0.2, 0.25) is 0 Å². The Balaban J connectivity index is 3.13. The SMILES string of the molecule is CCCCCCCC(=O)OCCOCCOCCOCCOCCOCCOCCOCCOCCOCCOCCOCCC(=O)OC(C)(C)C. The molecule has 0 saturated heterocycles. The molecule has 0 atom stereocenters. The van der Waals surface area contributed by atoms with E-state index >= 15 is 0 Å². The van der Waals surface area contributed by atoms with Gasteiger partial charge in [-0.1, -0.05) is 32.6 Å². The lowest BCUT2D eigenvalue weighted by Gasteiger charge is -2.19. The largest absolute Gasteiger partial charge is 0.463 e. The summed E-state index contributed by atoms with van der Waals surface area (Å²) in [5.74, 6) is -0.419. The molecule has 310 valence electrons. The summed E-state index contributed by atoms with van der Waals surface area (Å²) in [6.07, 6.45) is 6.28. The van der Waals surface area contributed by atoms with E-state index in [2.05, 4.69) is 6.92 Å². The van der Waals surface area contributed by atoms with Gasteiger partial charge in [-0.3, -0.25) is 9.59 Å². The summed E-state index contributed by atoms with van der Waals surface area (Å²) < 4.78 is 70.4. The van der Waals surface area contributed by atoms with E-state index < -0.39 is 5.60 Å². The highest BCUT2D eigenvalue weighted by atomic mass is 16.6. The van der Waals surface area contributed by atoms with E-state index in [0.717, 1.165) is 12.8 Å². The molecule has 0 aromatic rings.